The van der Waals surface area contributed by atoms with Gasteiger partial charge >= 0.3 is 0 Å². The van der Waals surface area contributed by atoms with Gasteiger partial charge in [0.2, 0.25) is 0 Å². The summed E-state index contributed by atoms with van der Waals surface area (Å²) in [5.41, 5.74) is 7.65. The maximum absolute atomic E-state index is 6.84. The summed E-state index contributed by atoms with van der Waals surface area (Å²) < 4.78 is 13.2. The summed E-state index contributed by atoms with van der Waals surface area (Å²) in [4.78, 5) is 15.6. The van der Waals surface area contributed by atoms with Crippen LogP contribution in [0.1, 0.15) is 35.1 Å². The van der Waals surface area contributed by atoms with E-state index in [4.69, 9.17) is 23.8 Å². The molecule has 0 radical (unpaired) electrons. The van der Waals surface area contributed by atoms with Crippen molar-refractivity contribution in [2.75, 3.05) is 0 Å². The zero-order valence-electron chi connectivity index (χ0n) is 30.1. The average molecular weight is 718 g/mol. The van der Waals surface area contributed by atoms with Gasteiger partial charge in [0.1, 0.15) is 22.5 Å². The van der Waals surface area contributed by atoms with Crippen molar-refractivity contribution in [3.8, 4) is 22.8 Å². The number of para-hydroxylation sites is 1. The topological polar surface area (TPSA) is 65.0 Å². The molecule has 3 heterocycles. The van der Waals surface area contributed by atoms with Gasteiger partial charge in [-0.25, -0.2) is 15.0 Å². The first-order chi connectivity index (χ1) is 27.7. The number of nitrogens with zero attached hydrogens (tertiary/aromatic N) is 3. The first-order valence-electron chi connectivity index (χ1n) is 19.0. The standard InChI is InChI=1S/C51H31N3O2/c1-3-11-32-25-37(19-17-30(32)9-1)49-52-50(38-20-18-31-10-2-4-12-33(31)26-38)54-51(53-49)41-23-22-39(48-47(41)40-15-7-8-16-44(40)56-48)36-21-24-45-42(28-36)43-27-34-13-5-6-14-35(34)29-46(43)55-45/h1-21,23-29,39H,22H2. The van der Waals surface area contributed by atoms with Crippen molar-refractivity contribution < 1.29 is 8.83 Å². The third-order valence-electron chi connectivity index (χ3n) is 11.4. The van der Waals surface area contributed by atoms with Crippen LogP contribution in [0.4, 0.5) is 0 Å². The van der Waals surface area contributed by atoms with Gasteiger partial charge < -0.3 is 8.83 Å². The van der Waals surface area contributed by atoms with Gasteiger partial charge in [-0.3, -0.25) is 0 Å². The minimum Gasteiger partial charge on any atom is -0.460 e. The lowest BCUT2D eigenvalue weighted by Crippen LogP contribution is -2.10. The molecule has 0 bridgehead atoms. The van der Waals surface area contributed by atoms with Crippen molar-refractivity contribution in [3.05, 3.63) is 193 Å². The van der Waals surface area contributed by atoms with Gasteiger partial charge in [0.15, 0.2) is 17.5 Å². The highest BCUT2D eigenvalue weighted by Crippen LogP contribution is 2.47. The van der Waals surface area contributed by atoms with Crippen molar-refractivity contribution in [2.24, 2.45) is 0 Å². The van der Waals surface area contributed by atoms with Crippen molar-refractivity contribution in [1.82, 2.24) is 15.0 Å². The van der Waals surface area contributed by atoms with E-state index in [1.165, 1.54) is 27.1 Å². The molecule has 5 nitrogen and oxygen atoms in total. The van der Waals surface area contributed by atoms with Crippen molar-refractivity contribution in [3.63, 3.8) is 0 Å². The summed E-state index contributed by atoms with van der Waals surface area (Å²) in [6.45, 7) is 0. The van der Waals surface area contributed by atoms with Gasteiger partial charge in [0.05, 0.1) is 0 Å². The predicted molar refractivity (Wildman–Crippen MR) is 227 cm³/mol. The Morgan fingerprint density at radius 1 is 0.411 bits per heavy atom. The molecule has 0 saturated heterocycles. The van der Waals surface area contributed by atoms with Crippen molar-refractivity contribution in [1.29, 1.82) is 0 Å². The number of rotatable bonds is 4. The average Bonchev–Trinajstić information content (AvgIpc) is 3.83. The summed E-state index contributed by atoms with van der Waals surface area (Å²) in [6, 6.07) is 57.3. The minimum absolute atomic E-state index is 0.0160. The van der Waals surface area contributed by atoms with E-state index in [0.717, 1.165) is 71.7 Å². The van der Waals surface area contributed by atoms with Crippen LogP contribution in [0.25, 0.3) is 93.6 Å². The summed E-state index contributed by atoms with van der Waals surface area (Å²) in [5, 5.41) is 10.2. The number of allylic oxidation sites excluding steroid dienone is 1. The molecule has 11 aromatic rings. The molecule has 262 valence electrons. The third-order valence-corrected chi connectivity index (χ3v) is 11.4. The smallest absolute Gasteiger partial charge is 0.164 e. The lowest BCUT2D eigenvalue weighted by Gasteiger charge is -2.22. The number of hydrogen-bond acceptors (Lipinski definition) is 5. The van der Waals surface area contributed by atoms with Crippen LogP contribution < -0.4 is 0 Å². The van der Waals surface area contributed by atoms with E-state index in [9.17, 15) is 0 Å². The number of benzene rings is 8. The second-order valence-electron chi connectivity index (χ2n) is 14.7. The van der Waals surface area contributed by atoms with Crippen LogP contribution in [-0.2, 0) is 0 Å². The van der Waals surface area contributed by atoms with Gasteiger partial charge in [-0.15, -0.1) is 0 Å². The van der Waals surface area contributed by atoms with E-state index in [1.807, 2.05) is 6.07 Å². The molecule has 5 heteroatoms. The van der Waals surface area contributed by atoms with Crippen LogP contribution in [0.3, 0.4) is 0 Å². The molecule has 0 saturated carbocycles. The Morgan fingerprint density at radius 3 is 1.66 bits per heavy atom. The lowest BCUT2D eigenvalue weighted by molar-refractivity contribution is 0.515. The first kappa shape index (κ1) is 31.0. The second kappa shape index (κ2) is 12.1. The highest BCUT2D eigenvalue weighted by Gasteiger charge is 2.32. The Morgan fingerprint density at radius 2 is 0.964 bits per heavy atom. The second-order valence-corrected chi connectivity index (χ2v) is 14.7. The molecule has 1 atom stereocenters. The fourth-order valence-corrected chi connectivity index (χ4v) is 8.63. The molecule has 1 aliphatic carbocycles. The Labute approximate surface area is 321 Å². The van der Waals surface area contributed by atoms with Crippen molar-refractivity contribution >= 4 is 70.8 Å². The molecule has 3 aromatic heterocycles. The molecule has 0 N–H and O–H groups in total. The van der Waals surface area contributed by atoms with Gasteiger partial charge in [-0.05, 0) is 86.8 Å². The van der Waals surface area contributed by atoms with E-state index < -0.39 is 0 Å². The maximum Gasteiger partial charge on any atom is 0.164 e. The predicted octanol–water partition coefficient (Wildman–Crippen LogP) is 13.3. The van der Waals surface area contributed by atoms with Gasteiger partial charge in [-0.1, -0.05) is 127 Å². The molecule has 0 fully saturated rings. The Balaban J connectivity index is 1.04. The summed E-state index contributed by atoms with van der Waals surface area (Å²) in [7, 11) is 0. The Bertz CT molecular complexity index is 3330. The fourth-order valence-electron chi connectivity index (χ4n) is 8.63. The van der Waals surface area contributed by atoms with Crippen LogP contribution in [0, 0.1) is 0 Å². The quantitative estimate of drug-likeness (QED) is 0.181. The Kier molecular flexibility index (Phi) is 6.69. The highest BCUT2D eigenvalue weighted by atomic mass is 16.3. The molecule has 0 amide bonds. The summed E-state index contributed by atoms with van der Waals surface area (Å²) in [6.07, 6.45) is 3.01. The van der Waals surface area contributed by atoms with E-state index in [1.54, 1.807) is 0 Å². The first-order valence-corrected chi connectivity index (χ1v) is 19.0. The maximum atomic E-state index is 6.84. The molecule has 1 aliphatic rings. The molecular weight excluding hydrogens is 687 g/mol. The molecule has 56 heavy (non-hydrogen) atoms. The number of furan rings is 2. The number of aromatic nitrogens is 3. The van der Waals surface area contributed by atoms with Crippen LogP contribution >= 0.6 is 0 Å². The summed E-state index contributed by atoms with van der Waals surface area (Å²) in [5.74, 6) is 2.79. The van der Waals surface area contributed by atoms with Gasteiger partial charge in [0.25, 0.3) is 0 Å². The van der Waals surface area contributed by atoms with E-state index in [-0.39, 0.29) is 5.92 Å². The number of fused-ring (bicyclic) bond motifs is 9. The fraction of sp³-hybridized carbons (Fsp3) is 0.0392. The molecule has 8 aromatic carbocycles. The van der Waals surface area contributed by atoms with E-state index in [0.29, 0.717) is 23.9 Å². The molecule has 0 spiro atoms. The zero-order valence-corrected chi connectivity index (χ0v) is 30.1. The van der Waals surface area contributed by atoms with E-state index in [2.05, 4.69) is 164 Å². The normalized spacial score (nSPS) is 14.3. The van der Waals surface area contributed by atoms with Crippen LogP contribution in [0.2, 0.25) is 0 Å². The molecule has 12 rings (SSSR count). The largest absolute Gasteiger partial charge is 0.460 e. The monoisotopic (exact) mass is 717 g/mol. The molecular formula is C51H31N3O2. The van der Waals surface area contributed by atoms with Crippen LogP contribution in [0.15, 0.2) is 179 Å². The zero-order chi connectivity index (χ0) is 36.7. The minimum atomic E-state index is -0.0160. The summed E-state index contributed by atoms with van der Waals surface area (Å²) >= 11 is 0. The SMILES string of the molecule is C1=C(c2nc(-c3ccc4ccccc4c3)nc(-c3ccc4ccccc4c3)n2)c2c(oc3ccccc23)C(c2ccc3oc4cc5ccccc5cc4c3c2)C1. The van der Waals surface area contributed by atoms with Crippen LogP contribution in [0.5, 0.6) is 0 Å². The lowest BCUT2D eigenvalue weighted by atomic mass is 9.82. The van der Waals surface area contributed by atoms with Gasteiger partial charge in [-0.2, -0.15) is 0 Å². The Hall–Kier alpha value is -7.37. The number of hydrogen-bond donors (Lipinski definition) is 0. The van der Waals surface area contributed by atoms with Crippen LogP contribution in [-0.4, -0.2) is 15.0 Å². The molecule has 0 aliphatic heterocycles. The van der Waals surface area contributed by atoms with E-state index >= 15 is 0 Å². The van der Waals surface area contributed by atoms with Gasteiger partial charge in [0, 0.05) is 44.3 Å². The third kappa shape index (κ3) is 4.91. The van der Waals surface area contributed by atoms with Crippen molar-refractivity contribution in [2.45, 2.75) is 12.3 Å². The highest BCUT2D eigenvalue weighted by molar-refractivity contribution is 6.10. The molecule has 1 unspecified atom stereocenters.